The summed E-state index contributed by atoms with van der Waals surface area (Å²) in [7, 11) is 0. The normalized spacial score (nSPS) is 12.7. The summed E-state index contributed by atoms with van der Waals surface area (Å²) in [6.45, 7) is 3.75. The molecule has 3 rings (SSSR count). The Kier molecular flexibility index (Phi) is 3.61. The van der Waals surface area contributed by atoms with Crippen molar-refractivity contribution in [1.82, 2.24) is 19.8 Å². The summed E-state index contributed by atoms with van der Waals surface area (Å²) in [6.07, 6.45) is -4.31. The average molecular weight is 343 g/mol. The molecule has 0 fully saturated rings. The quantitative estimate of drug-likeness (QED) is 0.582. The minimum absolute atomic E-state index is 0.122. The highest BCUT2D eigenvalue weighted by atomic mass is 19.4. The topological polar surface area (TPSA) is 55.1 Å². The smallest absolute Gasteiger partial charge is 0.365 e. The molecule has 24 heavy (non-hydrogen) atoms. The maximum Gasteiger partial charge on any atom is 0.461 e. The number of nitrogens with zero attached hydrogens (tertiary/aromatic N) is 4. The van der Waals surface area contributed by atoms with Gasteiger partial charge < -0.3 is 5.32 Å². The molecule has 2 heterocycles. The molecule has 0 aliphatic heterocycles. The van der Waals surface area contributed by atoms with Crippen LogP contribution in [0.1, 0.15) is 5.82 Å². The van der Waals surface area contributed by atoms with E-state index in [0.717, 1.165) is 0 Å². The number of hydrogen-bond acceptors (Lipinski definition) is 4. The lowest BCUT2D eigenvalue weighted by Gasteiger charge is -2.17. The number of rotatable bonds is 4. The molecule has 0 aliphatic carbocycles. The Morgan fingerprint density at radius 2 is 1.75 bits per heavy atom. The molecule has 0 saturated heterocycles. The van der Waals surface area contributed by atoms with Gasteiger partial charge in [0.05, 0.1) is 0 Å². The van der Waals surface area contributed by atoms with E-state index in [1.165, 1.54) is 12.1 Å². The zero-order valence-electron chi connectivity index (χ0n) is 12.0. The summed E-state index contributed by atoms with van der Waals surface area (Å²) < 4.78 is 65.7. The zero-order valence-corrected chi connectivity index (χ0v) is 12.0. The van der Waals surface area contributed by atoms with E-state index in [2.05, 4.69) is 27.2 Å². The molecule has 1 N–H and O–H groups in total. The van der Waals surface area contributed by atoms with Gasteiger partial charge in [-0.3, -0.25) is 0 Å². The van der Waals surface area contributed by atoms with Crippen molar-refractivity contribution in [2.45, 2.75) is 12.1 Å². The van der Waals surface area contributed by atoms with Gasteiger partial charge in [-0.1, -0.05) is 30.3 Å². The lowest BCUT2D eigenvalue weighted by molar-refractivity contribution is -0.293. The van der Waals surface area contributed by atoms with Gasteiger partial charge >= 0.3 is 12.1 Å². The molecule has 0 unspecified atom stereocenters. The maximum absolute atomic E-state index is 13.7. The van der Waals surface area contributed by atoms with Crippen LogP contribution in [0.5, 0.6) is 0 Å². The molecule has 0 aliphatic rings. The minimum atomic E-state index is -5.81. The van der Waals surface area contributed by atoms with Gasteiger partial charge in [-0.2, -0.15) is 26.5 Å². The number of nitrogens with one attached hydrogen (secondary N) is 1. The lowest BCUT2D eigenvalue weighted by atomic mass is 10.2. The molecule has 5 nitrogen and oxygen atoms in total. The van der Waals surface area contributed by atoms with E-state index in [0.29, 0.717) is 15.3 Å². The molecule has 3 aromatic rings. The van der Waals surface area contributed by atoms with Gasteiger partial charge in [-0.15, -0.1) is 21.9 Å². The van der Waals surface area contributed by atoms with Gasteiger partial charge in [0.15, 0.2) is 11.5 Å². The van der Waals surface area contributed by atoms with E-state index < -0.39 is 17.9 Å². The Bertz CT molecular complexity index is 915. The number of aromatic nitrogens is 4. The van der Waals surface area contributed by atoms with Crippen molar-refractivity contribution >= 4 is 22.2 Å². The second-order valence-corrected chi connectivity index (χ2v) is 4.89. The number of alkyl halides is 5. The first-order chi connectivity index (χ1) is 11.3. The minimum Gasteiger partial charge on any atom is -0.365 e. The van der Waals surface area contributed by atoms with Crippen LogP contribution in [0.4, 0.5) is 27.8 Å². The van der Waals surface area contributed by atoms with Crippen LogP contribution in [0, 0.1) is 0 Å². The molecule has 2 aromatic heterocycles. The SMILES string of the molecule is C=CCNc1nn2c(C(F)(F)C(F)(F)F)nnc2c2ccccc12. The monoisotopic (exact) mass is 343 g/mol. The third kappa shape index (κ3) is 2.34. The van der Waals surface area contributed by atoms with Gasteiger partial charge in [-0.25, -0.2) is 0 Å². The first-order valence-electron chi connectivity index (χ1n) is 6.71. The summed E-state index contributed by atoms with van der Waals surface area (Å²) in [5.41, 5.74) is -0.186. The van der Waals surface area contributed by atoms with Gasteiger partial charge in [0.25, 0.3) is 0 Å². The molecule has 1 aromatic carbocycles. The van der Waals surface area contributed by atoms with E-state index in [4.69, 9.17) is 0 Å². The van der Waals surface area contributed by atoms with Crippen LogP contribution in [0.3, 0.4) is 0 Å². The largest absolute Gasteiger partial charge is 0.461 e. The van der Waals surface area contributed by atoms with Crippen molar-refractivity contribution < 1.29 is 22.0 Å². The van der Waals surface area contributed by atoms with Gasteiger partial charge in [-0.05, 0) is 0 Å². The number of halogens is 5. The zero-order chi connectivity index (χ0) is 17.5. The summed E-state index contributed by atoms with van der Waals surface area (Å²) in [5, 5.41) is 14.0. The van der Waals surface area contributed by atoms with Crippen LogP contribution in [0.25, 0.3) is 16.4 Å². The number of hydrogen-bond donors (Lipinski definition) is 1. The van der Waals surface area contributed by atoms with Crippen molar-refractivity contribution in [3.8, 4) is 0 Å². The molecule has 0 amide bonds. The Labute approximate surface area is 131 Å². The van der Waals surface area contributed by atoms with E-state index in [1.54, 1.807) is 18.2 Å². The van der Waals surface area contributed by atoms with Crippen LogP contribution >= 0.6 is 0 Å². The van der Waals surface area contributed by atoms with Crippen LogP contribution < -0.4 is 5.32 Å². The van der Waals surface area contributed by atoms with Crippen molar-refractivity contribution in [1.29, 1.82) is 0 Å². The Balaban J connectivity index is 2.33. The highest BCUT2D eigenvalue weighted by molar-refractivity contribution is 5.99. The third-order valence-electron chi connectivity index (χ3n) is 3.31. The molecule has 126 valence electrons. The maximum atomic E-state index is 13.7. The Hall–Kier alpha value is -2.78. The summed E-state index contributed by atoms with van der Waals surface area (Å²) in [4.78, 5) is 0. The Morgan fingerprint density at radius 1 is 1.08 bits per heavy atom. The van der Waals surface area contributed by atoms with Crippen molar-refractivity contribution in [2.75, 3.05) is 11.9 Å². The van der Waals surface area contributed by atoms with Gasteiger partial charge in [0.1, 0.15) is 0 Å². The fraction of sp³-hybridized carbons (Fsp3) is 0.214. The molecule has 0 spiro atoms. The lowest BCUT2D eigenvalue weighted by Crippen LogP contribution is -2.36. The summed E-state index contributed by atoms with van der Waals surface area (Å²) in [5.74, 6) is -6.65. The molecule has 0 radical (unpaired) electrons. The van der Waals surface area contributed by atoms with Crippen LogP contribution in [0.15, 0.2) is 36.9 Å². The second kappa shape index (κ2) is 5.39. The van der Waals surface area contributed by atoms with E-state index >= 15 is 0 Å². The predicted octanol–water partition coefficient (Wildman–Crippen LogP) is 3.53. The fourth-order valence-electron chi connectivity index (χ4n) is 2.20. The van der Waals surface area contributed by atoms with Gasteiger partial charge in [0, 0.05) is 17.3 Å². The first kappa shape index (κ1) is 16.1. The highest BCUT2D eigenvalue weighted by Crippen LogP contribution is 2.43. The third-order valence-corrected chi connectivity index (χ3v) is 3.31. The van der Waals surface area contributed by atoms with Crippen LogP contribution in [0.2, 0.25) is 0 Å². The van der Waals surface area contributed by atoms with E-state index in [1.807, 2.05) is 0 Å². The van der Waals surface area contributed by atoms with E-state index in [-0.39, 0.29) is 18.0 Å². The first-order valence-corrected chi connectivity index (χ1v) is 6.71. The number of anilines is 1. The predicted molar refractivity (Wildman–Crippen MR) is 76.9 cm³/mol. The molecule has 0 atom stereocenters. The van der Waals surface area contributed by atoms with Crippen LogP contribution in [-0.4, -0.2) is 32.5 Å². The molecular formula is C14H10F5N5. The fourth-order valence-corrected chi connectivity index (χ4v) is 2.20. The molecular weight excluding hydrogens is 333 g/mol. The van der Waals surface area contributed by atoms with Crippen molar-refractivity contribution in [3.05, 3.63) is 42.7 Å². The van der Waals surface area contributed by atoms with Crippen molar-refractivity contribution in [3.63, 3.8) is 0 Å². The molecule has 10 heteroatoms. The number of fused-ring (bicyclic) bond motifs is 3. The molecule has 0 bridgehead atoms. The van der Waals surface area contributed by atoms with Crippen molar-refractivity contribution in [2.24, 2.45) is 0 Å². The average Bonchev–Trinajstić information content (AvgIpc) is 2.96. The van der Waals surface area contributed by atoms with Gasteiger partial charge in [0.2, 0.25) is 5.82 Å². The standard InChI is InChI=1S/C14H10F5N5/c1-2-7-20-10-8-5-3-4-6-9(8)11-21-22-12(24(11)23-10)13(15,16)14(17,18)19/h2-6H,1,7H2,(H,20,23). The number of benzene rings is 1. The van der Waals surface area contributed by atoms with E-state index in [9.17, 15) is 22.0 Å². The van der Waals surface area contributed by atoms with Crippen LogP contribution in [-0.2, 0) is 5.92 Å². The Morgan fingerprint density at radius 3 is 2.38 bits per heavy atom. The summed E-state index contributed by atoms with van der Waals surface area (Å²) in [6, 6.07) is 6.47. The highest BCUT2D eigenvalue weighted by Gasteiger charge is 2.62. The summed E-state index contributed by atoms with van der Waals surface area (Å²) >= 11 is 0. The molecule has 0 saturated carbocycles. The second-order valence-electron chi connectivity index (χ2n) is 4.89.